The third kappa shape index (κ3) is 5.63. The zero-order valence-corrected chi connectivity index (χ0v) is 20.2. The van der Waals surface area contributed by atoms with E-state index in [4.69, 9.17) is 23.4 Å². The Bertz CT molecular complexity index is 1450. The van der Waals surface area contributed by atoms with Crippen LogP contribution in [-0.2, 0) is 25.5 Å². The summed E-state index contributed by atoms with van der Waals surface area (Å²) in [4.78, 5) is 46.9. The van der Waals surface area contributed by atoms with E-state index < -0.39 is 35.2 Å². The quantitative estimate of drug-likeness (QED) is 0.225. The van der Waals surface area contributed by atoms with Crippen molar-refractivity contribution in [3.63, 3.8) is 0 Å². The maximum atomic E-state index is 12.6. The molecule has 1 aliphatic heterocycles. The zero-order chi connectivity index (χ0) is 26.0. The predicted molar refractivity (Wildman–Crippen MR) is 129 cm³/mol. The van der Waals surface area contributed by atoms with Crippen molar-refractivity contribution >= 4 is 35.0 Å². The van der Waals surface area contributed by atoms with E-state index >= 15 is 0 Å². The Morgan fingerprint density at radius 1 is 0.972 bits per heavy atom. The minimum atomic E-state index is -0.840. The lowest BCUT2D eigenvalue weighted by molar-refractivity contribution is -0.155. The number of rotatable bonds is 5. The Kier molecular flexibility index (Phi) is 6.65. The molecule has 0 unspecified atom stereocenters. The van der Waals surface area contributed by atoms with Crippen LogP contribution in [0.2, 0.25) is 0 Å². The van der Waals surface area contributed by atoms with E-state index in [0.717, 1.165) is 10.9 Å². The van der Waals surface area contributed by atoms with Crippen LogP contribution in [-0.4, -0.2) is 29.6 Å². The zero-order valence-electron chi connectivity index (χ0n) is 20.2. The van der Waals surface area contributed by atoms with Crippen molar-refractivity contribution < 1.29 is 37.7 Å². The van der Waals surface area contributed by atoms with Crippen LogP contribution in [0.1, 0.15) is 38.8 Å². The third-order valence-electron chi connectivity index (χ3n) is 5.50. The van der Waals surface area contributed by atoms with Gasteiger partial charge in [-0.3, -0.25) is 9.59 Å². The highest BCUT2D eigenvalue weighted by Gasteiger charge is 2.39. The first-order chi connectivity index (χ1) is 17.0. The average molecular weight is 492 g/mol. The van der Waals surface area contributed by atoms with Gasteiger partial charge in [-0.1, -0.05) is 6.07 Å². The van der Waals surface area contributed by atoms with E-state index in [1.54, 1.807) is 18.2 Å². The number of fused-ring (bicyclic) bond motifs is 2. The van der Waals surface area contributed by atoms with Crippen molar-refractivity contribution in [1.29, 1.82) is 0 Å². The van der Waals surface area contributed by atoms with Gasteiger partial charge in [0.1, 0.15) is 23.0 Å². The number of hydrogen-bond acceptors (Lipinski definition) is 9. The molecule has 0 saturated carbocycles. The van der Waals surface area contributed by atoms with Gasteiger partial charge >= 0.3 is 23.5 Å². The van der Waals surface area contributed by atoms with E-state index in [2.05, 4.69) is 0 Å². The van der Waals surface area contributed by atoms with Crippen LogP contribution in [0.3, 0.4) is 0 Å². The van der Waals surface area contributed by atoms with Crippen LogP contribution in [0.4, 0.5) is 0 Å². The highest BCUT2D eigenvalue weighted by atomic mass is 16.6. The second kappa shape index (κ2) is 9.69. The minimum absolute atomic E-state index is 0.0506. The lowest BCUT2D eigenvalue weighted by Gasteiger charge is -2.39. The summed E-state index contributed by atoms with van der Waals surface area (Å²) in [5.41, 5.74) is 0.481. The molecule has 2 heterocycles. The summed E-state index contributed by atoms with van der Waals surface area (Å²) in [6.07, 6.45) is 2.56. The Hall–Kier alpha value is -4.40. The van der Waals surface area contributed by atoms with Crippen molar-refractivity contribution in [3.05, 3.63) is 70.1 Å². The monoisotopic (exact) mass is 492 g/mol. The molecule has 1 atom stereocenters. The van der Waals surface area contributed by atoms with Crippen LogP contribution in [0, 0.1) is 0 Å². The second-order valence-electron chi connectivity index (χ2n) is 8.81. The fourth-order valence-corrected chi connectivity index (χ4v) is 3.82. The topological polar surface area (TPSA) is 118 Å². The van der Waals surface area contributed by atoms with Gasteiger partial charge in [-0.2, -0.15) is 0 Å². The Morgan fingerprint density at radius 2 is 1.69 bits per heavy atom. The molecule has 0 aliphatic carbocycles. The number of hydrogen-bond donors (Lipinski definition) is 0. The molecule has 0 saturated heterocycles. The number of benzene rings is 2. The maximum Gasteiger partial charge on any atom is 0.336 e. The summed E-state index contributed by atoms with van der Waals surface area (Å²) in [7, 11) is 0. The predicted octanol–water partition coefficient (Wildman–Crippen LogP) is 3.98. The van der Waals surface area contributed by atoms with Gasteiger partial charge in [0.05, 0.1) is 0 Å². The van der Waals surface area contributed by atoms with E-state index in [9.17, 15) is 19.2 Å². The summed E-state index contributed by atoms with van der Waals surface area (Å²) < 4.78 is 27.2. The van der Waals surface area contributed by atoms with Crippen LogP contribution in [0.25, 0.3) is 17.0 Å². The molecule has 0 spiro atoms. The van der Waals surface area contributed by atoms with Crippen LogP contribution >= 0.6 is 0 Å². The SMILES string of the molecule is CC(=O)Oc1ccc(C=CC(=O)O[C@@H]2Cc3cc4ccc(=O)oc4cc3OC2(C)C)cc1OC(C)=O. The highest BCUT2D eigenvalue weighted by Crippen LogP contribution is 2.37. The number of ether oxygens (including phenoxy) is 4. The molecular formula is C27H24O9. The first-order valence-corrected chi connectivity index (χ1v) is 11.2. The lowest BCUT2D eigenvalue weighted by atomic mass is 9.90. The Balaban J connectivity index is 1.51. The number of carbonyl (C=O) groups is 3. The molecule has 3 aromatic rings. The van der Waals surface area contributed by atoms with Crippen molar-refractivity contribution in [2.24, 2.45) is 0 Å². The van der Waals surface area contributed by atoms with Gasteiger partial charge in [0, 0.05) is 43.9 Å². The van der Waals surface area contributed by atoms with Gasteiger partial charge in [0.2, 0.25) is 0 Å². The van der Waals surface area contributed by atoms with Crippen molar-refractivity contribution in [1.82, 2.24) is 0 Å². The summed E-state index contributed by atoms with van der Waals surface area (Å²) in [5, 5.41) is 0.738. The van der Waals surface area contributed by atoms with Gasteiger partial charge < -0.3 is 23.4 Å². The molecule has 1 aromatic heterocycles. The fourth-order valence-electron chi connectivity index (χ4n) is 3.82. The molecule has 9 heteroatoms. The third-order valence-corrected chi connectivity index (χ3v) is 5.50. The summed E-state index contributed by atoms with van der Waals surface area (Å²) in [6, 6.07) is 11.1. The Labute approximate surface area is 206 Å². The number of carbonyl (C=O) groups excluding carboxylic acids is 3. The largest absolute Gasteiger partial charge is 0.484 e. The molecular weight excluding hydrogens is 468 g/mol. The van der Waals surface area contributed by atoms with Gasteiger partial charge in [0.15, 0.2) is 11.5 Å². The summed E-state index contributed by atoms with van der Waals surface area (Å²) in [5.74, 6) is -1.04. The molecule has 1 aliphatic rings. The second-order valence-corrected chi connectivity index (χ2v) is 8.81. The maximum absolute atomic E-state index is 12.6. The van der Waals surface area contributed by atoms with Gasteiger partial charge in [-0.05, 0) is 55.3 Å². The Morgan fingerprint density at radius 3 is 2.42 bits per heavy atom. The molecule has 0 radical (unpaired) electrons. The molecule has 0 amide bonds. The highest BCUT2D eigenvalue weighted by molar-refractivity contribution is 5.87. The molecule has 0 N–H and O–H groups in total. The molecule has 36 heavy (non-hydrogen) atoms. The fraction of sp³-hybridized carbons (Fsp3) is 0.259. The van der Waals surface area contributed by atoms with E-state index in [-0.39, 0.29) is 11.5 Å². The van der Waals surface area contributed by atoms with Crippen LogP contribution in [0.5, 0.6) is 17.2 Å². The average Bonchev–Trinajstić information content (AvgIpc) is 2.77. The van der Waals surface area contributed by atoms with E-state index in [1.165, 1.54) is 44.2 Å². The van der Waals surface area contributed by atoms with Crippen LogP contribution in [0.15, 0.2) is 57.8 Å². The normalized spacial score (nSPS) is 16.2. The molecule has 0 bridgehead atoms. The van der Waals surface area contributed by atoms with Gasteiger partial charge in [0.25, 0.3) is 0 Å². The lowest BCUT2D eigenvalue weighted by Crippen LogP contribution is -2.48. The first kappa shape index (κ1) is 24.7. The van der Waals surface area contributed by atoms with Crippen molar-refractivity contribution in [2.45, 2.75) is 45.8 Å². The van der Waals surface area contributed by atoms with Gasteiger partial charge in [-0.15, -0.1) is 0 Å². The van der Waals surface area contributed by atoms with E-state index in [1.807, 2.05) is 19.9 Å². The summed E-state index contributed by atoms with van der Waals surface area (Å²) in [6.45, 7) is 6.07. The molecule has 186 valence electrons. The van der Waals surface area contributed by atoms with Crippen molar-refractivity contribution in [2.75, 3.05) is 0 Å². The van der Waals surface area contributed by atoms with E-state index in [0.29, 0.717) is 23.3 Å². The molecule has 0 fully saturated rings. The molecule has 4 rings (SSSR count). The smallest absolute Gasteiger partial charge is 0.336 e. The van der Waals surface area contributed by atoms with Gasteiger partial charge in [-0.25, -0.2) is 9.59 Å². The minimum Gasteiger partial charge on any atom is -0.484 e. The summed E-state index contributed by atoms with van der Waals surface area (Å²) >= 11 is 0. The number of esters is 3. The standard InChI is InChI=1S/C27H24O9/c1-15(28)32-20-8-5-17(11-23(20)33-16(2)29)6-9-26(31)35-24-13-19-12-18-7-10-25(30)34-21(18)14-22(19)36-27(24,3)4/h5-12,14,24H,13H2,1-4H3/t24-/m1/s1. The molecule has 2 aromatic carbocycles. The van der Waals surface area contributed by atoms with Crippen LogP contribution < -0.4 is 19.8 Å². The van der Waals surface area contributed by atoms with Crippen molar-refractivity contribution in [3.8, 4) is 17.2 Å². The molecule has 9 nitrogen and oxygen atoms in total. The first-order valence-electron chi connectivity index (χ1n) is 11.2.